The lowest BCUT2D eigenvalue weighted by atomic mass is 9.94. The van der Waals surface area contributed by atoms with E-state index in [9.17, 15) is 4.79 Å². The Kier molecular flexibility index (Phi) is 3.69. The zero-order chi connectivity index (χ0) is 14.7. The second-order valence-corrected chi connectivity index (χ2v) is 5.12. The Morgan fingerprint density at radius 1 is 1.19 bits per heavy atom. The molecule has 1 heterocycles. The second kappa shape index (κ2) is 5.79. The van der Waals surface area contributed by atoms with Gasteiger partial charge < -0.3 is 10.4 Å². The lowest BCUT2D eigenvalue weighted by Crippen LogP contribution is -2.01. The first-order valence-corrected chi connectivity index (χ1v) is 6.96. The Labute approximate surface area is 123 Å². The van der Waals surface area contributed by atoms with Crippen LogP contribution in [0.5, 0.6) is 0 Å². The van der Waals surface area contributed by atoms with Gasteiger partial charge in [0.05, 0.1) is 5.56 Å². The number of carboxylic acid groups (broad SMARTS) is 1. The van der Waals surface area contributed by atoms with E-state index < -0.39 is 5.97 Å². The van der Waals surface area contributed by atoms with E-state index >= 15 is 0 Å². The third-order valence-corrected chi connectivity index (χ3v) is 3.63. The van der Waals surface area contributed by atoms with Gasteiger partial charge in [0.25, 0.3) is 0 Å². The number of allylic oxidation sites excluding steroid dienone is 1. The van der Waals surface area contributed by atoms with Crippen molar-refractivity contribution in [1.29, 1.82) is 0 Å². The van der Waals surface area contributed by atoms with Crippen LogP contribution in [0.3, 0.4) is 0 Å². The van der Waals surface area contributed by atoms with Crippen LogP contribution in [0.2, 0.25) is 0 Å². The van der Waals surface area contributed by atoms with E-state index in [0.29, 0.717) is 0 Å². The molecule has 0 radical (unpaired) electrons. The number of nitrogens with one attached hydrogen (secondary N) is 1. The van der Waals surface area contributed by atoms with Crippen molar-refractivity contribution in [3.8, 4) is 11.1 Å². The van der Waals surface area contributed by atoms with Crippen LogP contribution in [0, 0.1) is 0 Å². The van der Waals surface area contributed by atoms with E-state index in [4.69, 9.17) is 5.11 Å². The summed E-state index contributed by atoms with van der Waals surface area (Å²) >= 11 is 0. The van der Waals surface area contributed by atoms with Gasteiger partial charge in [0.1, 0.15) is 5.82 Å². The van der Waals surface area contributed by atoms with Gasteiger partial charge in [-0.25, -0.2) is 9.78 Å². The number of hydrogen-bond acceptors (Lipinski definition) is 3. The fraction of sp³-hybridized carbons (Fsp3) is 0.176. The molecule has 4 heteroatoms. The summed E-state index contributed by atoms with van der Waals surface area (Å²) < 4.78 is 0. The van der Waals surface area contributed by atoms with E-state index in [2.05, 4.69) is 10.3 Å². The molecule has 1 aromatic carbocycles. The number of benzene rings is 1. The normalized spacial score (nSPS) is 13.4. The maximum Gasteiger partial charge on any atom is 0.335 e. The van der Waals surface area contributed by atoms with Gasteiger partial charge in [-0.1, -0.05) is 17.7 Å². The number of nitrogens with zero attached hydrogens (tertiary/aromatic N) is 1. The molecule has 21 heavy (non-hydrogen) atoms. The fourth-order valence-electron chi connectivity index (χ4n) is 2.18. The van der Waals surface area contributed by atoms with Gasteiger partial charge >= 0.3 is 5.97 Å². The molecule has 106 valence electrons. The van der Waals surface area contributed by atoms with Gasteiger partial charge in [-0.05, 0) is 49.1 Å². The number of carboxylic acids is 1. The summed E-state index contributed by atoms with van der Waals surface area (Å²) in [5.41, 5.74) is 3.46. The number of anilines is 1. The van der Waals surface area contributed by atoms with Crippen LogP contribution in [-0.4, -0.2) is 16.1 Å². The molecule has 1 saturated carbocycles. The molecule has 2 N–H and O–H groups in total. The van der Waals surface area contributed by atoms with Crippen molar-refractivity contribution in [2.75, 3.05) is 5.32 Å². The topological polar surface area (TPSA) is 62.2 Å². The van der Waals surface area contributed by atoms with Crippen LogP contribution in [0.15, 0.2) is 54.4 Å². The van der Waals surface area contributed by atoms with Crippen molar-refractivity contribution >= 4 is 11.8 Å². The average Bonchev–Trinajstić information content (AvgIpc) is 2.46. The first kappa shape index (κ1) is 13.4. The minimum absolute atomic E-state index is 0.282. The van der Waals surface area contributed by atoms with E-state index in [1.807, 2.05) is 24.4 Å². The number of carbonyl (C=O) groups is 1. The fourth-order valence-corrected chi connectivity index (χ4v) is 2.18. The van der Waals surface area contributed by atoms with E-state index in [-0.39, 0.29) is 5.56 Å². The van der Waals surface area contributed by atoms with Crippen molar-refractivity contribution in [3.63, 3.8) is 0 Å². The first-order chi connectivity index (χ1) is 10.2. The number of aromatic carboxylic acids is 1. The second-order valence-electron chi connectivity index (χ2n) is 5.12. The van der Waals surface area contributed by atoms with Crippen molar-refractivity contribution in [2.45, 2.75) is 19.3 Å². The molecule has 0 amide bonds. The smallest absolute Gasteiger partial charge is 0.335 e. The van der Waals surface area contributed by atoms with Crippen molar-refractivity contribution in [1.82, 2.24) is 4.98 Å². The quantitative estimate of drug-likeness (QED) is 0.890. The standard InChI is InChI=1S/C17H16N2O2/c20-17(21)14-6-2-5-13(9-14)15-7-8-16(19-11-15)18-10-12-3-1-4-12/h2,5-11H,1,3-4H2,(H,18,19)(H,20,21). The molecule has 3 rings (SSSR count). The van der Waals surface area contributed by atoms with E-state index in [0.717, 1.165) is 16.9 Å². The Bertz CT molecular complexity index is 684. The predicted octanol–water partition coefficient (Wildman–Crippen LogP) is 3.93. The van der Waals surface area contributed by atoms with Gasteiger partial charge in [-0.3, -0.25) is 0 Å². The van der Waals surface area contributed by atoms with Crippen LogP contribution in [0.25, 0.3) is 11.1 Å². The molecule has 1 aliphatic rings. The molecule has 0 aliphatic heterocycles. The van der Waals surface area contributed by atoms with Gasteiger partial charge in [0, 0.05) is 18.0 Å². The summed E-state index contributed by atoms with van der Waals surface area (Å²) in [7, 11) is 0. The summed E-state index contributed by atoms with van der Waals surface area (Å²) in [4.78, 5) is 15.3. The number of pyridine rings is 1. The van der Waals surface area contributed by atoms with Gasteiger partial charge in [0.15, 0.2) is 0 Å². The van der Waals surface area contributed by atoms with E-state index in [1.54, 1.807) is 24.4 Å². The summed E-state index contributed by atoms with van der Waals surface area (Å²) in [5, 5.41) is 12.2. The lowest BCUT2D eigenvalue weighted by Gasteiger charge is -2.16. The zero-order valence-corrected chi connectivity index (χ0v) is 11.5. The summed E-state index contributed by atoms with van der Waals surface area (Å²) in [6.07, 6.45) is 7.40. The van der Waals surface area contributed by atoms with Crippen LogP contribution in [0.4, 0.5) is 5.82 Å². The molecule has 0 unspecified atom stereocenters. The molecule has 1 aromatic heterocycles. The molecule has 4 nitrogen and oxygen atoms in total. The Hall–Kier alpha value is -2.62. The first-order valence-electron chi connectivity index (χ1n) is 6.96. The summed E-state index contributed by atoms with van der Waals surface area (Å²) in [5.74, 6) is -0.122. The minimum atomic E-state index is -0.921. The minimum Gasteiger partial charge on any atom is -0.478 e. The number of rotatable bonds is 4. The highest BCUT2D eigenvalue weighted by Gasteiger charge is 2.08. The molecule has 1 aliphatic carbocycles. The van der Waals surface area contributed by atoms with Crippen molar-refractivity contribution in [2.24, 2.45) is 0 Å². The van der Waals surface area contributed by atoms with Gasteiger partial charge in [-0.15, -0.1) is 0 Å². The Morgan fingerprint density at radius 3 is 2.67 bits per heavy atom. The van der Waals surface area contributed by atoms with Crippen molar-refractivity contribution in [3.05, 3.63) is 59.9 Å². The molecule has 2 aromatic rings. The SMILES string of the molecule is O=C(O)c1cccc(-c2ccc(NC=C3CCC3)nc2)c1. The van der Waals surface area contributed by atoms with Gasteiger partial charge in [0.2, 0.25) is 0 Å². The highest BCUT2D eigenvalue weighted by atomic mass is 16.4. The Morgan fingerprint density at radius 2 is 2.05 bits per heavy atom. The molecule has 0 bridgehead atoms. The maximum absolute atomic E-state index is 11.0. The third-order valence-electron chi connectivity index (χ3n) is 3.63. The van der Waals surface area contributed by atoms with Crippen LogP contribution < -0.4 is 5.32 Å². The summed E-state index contributed by atoms with van der Waals surface area (Å²) in [6.45, 7) is 0. The number of aromatic nitrogens is 1. The molecule has 0 atom stereocenters. The highest BCUT2D eigenvalue weighted by Crippen LogP contribution is 2.25. The number of hydrogen-bond donors (Lipinski definition) is 2. The monoisotopic (exact) mass is 280 g/mol. The zero-order valence-electron chi connectivity index (χ0n) is 11.5. The van der Waals surface area contributed by atoms with Crippen LogP contribution in [-0.2, 0) is 0 Å². The van der Waals surface area contributed by atoms with Gasteiger partial charge in [-0.2, -0.15) is 0 Å². The third kappa shape index (κ3) is 3.11. The van der Waals surface area contributed by atoms with Crippen LogP contribution >= 0.6 is 0 Å². The molecular weight excluding hydrogens is 264 g/mol. The maximum atomic E-state index is 11.0. The molecule has 1 fully saturated rings. The highest BCUT2D eigenvalue weighted by molar-refractivity contribution is 5.89. The van der Waals surface area contributed by atoms with E-state index in [1.165, 1.54) is 24.8 Å². The largest absolute Gasteiger partial charge is 0.478 e. The average molecular weight is 280 g/mol. The Balaban J connectivity index is 1.77. The van der Waals surface area contributed by atoms with Crippen molar-refractivity contribution < 1.29 is 9.90 Å². The lowest BCUT2D eigenvalue weighted by molar-refractivity contribution is 0.0697. The molecular formula is C17H16N2O2. The molecule has 0 spiro atoms. The molecule has 0 saturated heterocycles. The summed E-state index contributed by atoms with van der Waals surface area (Å²) in [6, 6.07) is 10.7. The predicted molar refractivity (Wildman–Crippen MR) is 82.2 cm³/mol. The van der Waals surface area contributed by atoms with Crippen LogP contribution in [0.1, 0.15) is 29.6 Å².